The Kier molecular flexibility index (Phi) is 3.17. The van der Waals surface area contributed by atoms with Crippen LogP contribution in [0.15, 0.2) is 12.1 Å². The van der Waals surface area contributed by atoms with Crippen LogP contribution in [0.1, 0.15) is 17.5 Å². The van der Waals surface area contributed by atoms with Gasteiger partial charge >= 0.3 is 5.97 Å². The van der Waals surface area contributed by atoms with Gasteiger partial charge in [-0.1, -0.05) is 6.07 Å². The molecule has 0 aliphatic carbocycles. The molecule has 0 atom stereocenters. The molecule has 0 aliphatic rings. The first kappa shape index (κ1) is 10.6. The van der Waals surface area contributed by atoms with E-state index >= 15 is 0 Å². The fourth-order valence-corrected chi connectivity index (χ4v) is 1.19. The Morgan fingerprint density at radius 3 is 2.57 bits per heavy atom. The molecule has 1 aromatic rings. The Bertz CT molecular complexity index is 338. The molecule has 14 heavy (non-hydrogen) atoms. The standard InChI is InChI=1S/C10H10F2O2/c1-6-4-7(2-3-9(13)14)5-8(11)10(6)12/h4-5H,2-3H2,1H3,(H,13,14). The van der Waals surface area contributed by atoms with Gasteiger partial charge in [0.25, 0.3) is 0 Å². The molecule has 0 bridgehead atoms. The highest BCUT2D eigenvalue weighted by Gasteiger charge is 2.08. The second kappa shape index (κ2) is 4.17. The lowest BCUT2D eigenvalue weighted by Crippen LogP contribution is -1.99. The summed E-state index contributed by atoms with van der Waals surface area (Å²) in [5, 5.41) is 8.40. The van der Waals surface area contributed by atoms with Crippen molar-refractivity contribution in [1.29, 1.82) is 0 Å². The summed E-state index contributed by atoms with van der Waals surface area (Å²) < 4.78 is 25.7. The van der Waals surface area contributed by atoms with Crippen LogP contribution in [0.4, 0.5) is 8.78 Å². The summed E-state index contributed by atoms with van der Waals surface area (Å²) in [6, 6.07) is 2.49. The molecule has 0 heterocycles. The number of rotatable bonds is 3. The average Bonchev–Trinajstić information content (AvgIpc) is 2.10. The van der Waals surface area contributed by atoms with Gasteiger partial charge in [0.15, 0.2) is 11.6 Å². The van der Waals surface area contributed by atoms with Crippen LogP contribution >= 0.6 is 0 Å². The third-order valence-electron chi connectivity index (χ3n) is 1.90. The third kappa shape index (κ3) is 2.52. The molecule has 1 aromatic carbocycles. The van der Waals surface area contributed by atoms with Crippen molar-refractivity contribution in [3.05, 3.63) is 34.9 Å². The van der Waals surface area contributed by atoms with Gasteiger partial charge in [0.2, 0.25) is 0 Å². The first-order valence-corrected chi connectivity index (χ1v) is 4.17. The van der Waals surface area contributed by atoms with Crippen molar-refractivity contribution in [3.63, 3.8) is 0 Å². The predicted molar refractivity (Wildman–Crippen MR) is 47.1 cm³/mol. The first-order valence-electron chi connectivity index (χ1n) is 4.17. The zero-order valence-corrected chi connectivity index (χ0v) is 7.68. The van der Waals surface area contributed by atoms with Gasteiger partial charge in [-0.2, -0.15) is 0 Å². The molecule has 0 fully saturated rings. The van der Waals surface area contributed by atoms with E-state index in [0.717, 1.165) is 6.07 Å². The monoisotopic (exact) mass is 200 g/mol. The van der Waals surface area contributed by atoms with Gasteiger partial charge in [0.05, 0.1) is 0 Å². The number of carbonyl (C=O) groups is 1. The molecule has 1 rings (SSSR count). The van der Waals surface area contributed by atoms with Crippen LogP contribution in [0, 0.1) is 18.6 Å². The minimum Gasteiger partial charge on any atom is -0.481 e. The highest BCUT2D eigenvalue weighted by molar-refractivity contribution is 5.67. The first-order chi connectivity index (χ1) is 6.50. The number of aliphatic carboxylic acids is 1. The number of benzene rings is 1. The van der Waals surface area contributed by atoms with Crippen molar-refractivity contribution in [2.45, 2.75) is 19.8 Å². The van der Waals surface area contributed by atoms with Crippen LogP contribution < -0.4 is 0 Å². The molecule has 0 radical (unpaired) electrons. The summed E-state index contributed by atoms with van der Waals surface area (Å²) in [5.41, 5.74) is 0.703. The van der Waals surface area contributed by atoms with Gasteiger partial charge in [-0.25, -0.2) is 8.78 Å². The summed E-state index contributed by atoms with van der Waals surface area (Å²) >= 11 is 0. The van der Waals surface area contributed by atoms with E-state index in [1.54, 1.807) is 0 Å². The Morgan fingerprint density at radius 2 is 2.07 bits per heavy atom. The quantitative estimate of drug-likeness (QED) is 0.812. The lowest BCUT2D eigenvalue weighted by molar-refractivity contribution is -0.136. The Balaban J connectivity index is 2.84. The maximum Gasteiger partial charge on any atom is 0.303 e. The van der Waals surface area contributed by atoms with E-state index in [1.807, 2.05) is 0 Å². The van der Waals surface area contributed by atoms with Crippen LogP contribution in [-0.4, -0.2) is 11.1 Å². The second-order valence-corrected chi connectivity index (χ2v) is 3.10. The molecule has 76 valence electrons. The maximum atomic E-state index is 12.8. The molecule has 0 unspecified atom stereocenters. The molecule has 0 saturated heterocycles. The van der Waals surface area contributed by atoms with Gasteiger partial charge in [0.1, 0.15) is 0 Å². The van der Waals surface area contributed by atoms with Gasteiger partial charge in [0, 0.05) is 6.42 Å². The molecule has 0 amide bonds. The van der Waals surface area contributed by atoms with E-state index in [4.69, 9.17) is 5.11 Å². The van der Waals surface area contributed by atoms with Gasteiger partial charge in [-0.3, -0.25) is 4.79 Å². The minimum atomic E-state index is -0.951. The van der Waals surface area contributed by atoms with Crippen molar-refractivity contribution in [2.75, 3.05) is 0 Å². The smallest absolute Gasteiger partial charge is 0.303 e. The SMILES string of the molecule is Cc1cc(CCC(=O)O)cc(F)c1F. The normalized spacial score (nSPS) is 10.2. The Hall–Kier alpha value is -1.45. The van der Waals surface area contributed by atoms with Crippen LogP contribution in [0.3, 0.4) is 0 Å². The molecule has 0 saturated carbocycles. The highest BCUT2D eigenvalue weighted by Crippen LogP contribution is 2.15. The zero-order valence-electron chi connectivity index (χ0n) is 7.68. The van der Waals surface area contributed by atoms with Crippen molar-refractivity contribution >= 4 is 5.97 Å². The molecule has 1 N–H and O–H groups in total. The van der Waals surface area contributed by atoms with Crippen LogP contribution in [0.2, 0.25) is 0 Å². The largest absolute Gasteiger partial charge is 0.481 e. The summed E-state index contributed by atoms with van der Waals surface area (Å²) in [6.07, 6.45) is 0.137. The molecule has 0 aliphatic heterocycles. The number of hydrogen-bond donors (Lipinski definition) is 1. The van der Waals surface area contributed by atoms with Crippen molar-refractivity contribution < 1.29 is 18.7 Å². The van der Waals surface area contributed by atoms with E-state index in [1.165, 1.54) is 13.0 Å². The van der Waals surface area contributed by atoms with Gasteiger partial charge in [-0.15, -0.1) is 0 Å². The Morgan fingerprint density at radius 1 is 1.43 bits per heavy atom. The number of halogens is 2. The second-order valence-electron chi connectivity index (χ2n) is 3.10. The fourth-order valence-electron chi connectivity index (χ4n) is 1.19. The van der Waals surface area contributed by atoms with E-state index < -0.39 is 17.6 Å². The van der Waals surface area contributed by atoms with Crippen molar-refractivity contribution in [3.8, 4) is 0 Å². The number of aryl methyl sites for hydroxylation is 2. The summed E-state index contributed by atoms with van der Waals surface area (Å²) in [5.74, 6) is -2.75. The number of hydrogen-bond acceptors (Lipinski definition) is 1. The van der Waals surface area contributed by atoms with Gasteiger partial charge in [-0.05, 0) is 30.5 Å². The van der Waals surface area contributed by atoms with Gasteiger partial charge < -0.3 is 5.11 Å². The Labute approximate surface area is 80.2 Å². The van der Waals surface area contributed by atoms with E-state index in [2.05, 4.69) is 0 Å². The average molecular weight is 200 g/mol. The molecule has 4 heteroatoms. The molecular weight excluding hydrogens is 190 g/mol. The van der Waals surface area contributed by atoms with E-state index in [0.29, 0.717) is 5.56 Å². The van der Waals surface area contributed by atoms with Crippen molar-refractivity contribution in [1.82, 2.24) is 0 Å². The lowest BCUT2D eigenvalue weighted by Gasteiger charge is -2.03. The summed E-state index contributed by atoms with van der Waals surface area (Å²) in [6.45, 7) is 1.45. The zero-order chi connectivity index (χ0) is 10.7. The summed E-state index contributed by atoms with van der Waals surface area (Å²) in [7, 11) is 0. The highest BCUT2D eigenvalue weighted by atomic mass is 19.2. The predicted octanol–water partition coefficient (Wildman–Crippen LogP) is 2.29. The van der Waals surface area contributed by atoms with Crippen LogP contribution in [0.25, 0.3) is 0 Å². The van der Waals surface area contributed by atoms with Crippen molar-refractivity contribution in [2.24, 2.45) is 0 Å². The maximum absolute atomic E-state index is 12.8. The molecular formula is C10H10F2O2. The fraction of sp³-hybridized carbons (Fsp3) is 0.300. The minimum absolute atomic E-state index is 0.0789. The number of carboxylic acid groups (broad SMARTS) is 1. The van der Waals surface area contributed by atoms with Crippen LogP contribution in [0.5, 0.6) is 0 Å². The molecule has 2 nitrogen and oxygen atoms in total. The third-order valence-corrected chi connectivity index (χ3v) is 1.90. The van der Waals surface area contributed by atoms with E-state index in [9.17, 15) is 13.6 Å². The molecule has 0 aromatic heterocycles. The van der Waals surface area contributed by atoms with Crippen LogP contribution in [-0.2, 0) is 11.2 Å². The topological polar surface area (TPSA) is 37.3 Å². The number of carboxylic acids is 1. The van der Waals surface area contributed by atoms with E-state index in [-0.39, 0.29) is 18.4 Å². The summed E-state index contributed by atoms with van der Waals surface area (Å²) in [4.78, 5) is 10.2. The molecule has 0 spiro atoms. The lowest BCUT2D eigenvalue weighted by atomic mass is 10.1.